The zero-order valence-corrected chi connectivity index (χ0v) is 8.25. The molecule has 2 aliphatic carbocycles. The maximum atomic E-state index is 5.99. The van der Waals surface area contributed by atoms with Gasteiger partial charge in [0.25, 0.3) is 0 Å². The van der Waals surface area contributed by atoms with Crippen molar-refractivity contribution in [1.29, 1.82) is 0 Å². The summed E-state index contributed by atoms with van der Waals surface area (Å²) in [5.41, 5.74) is 0. The van der Waals surface area contributed by atoms with Crippen LogP contribution in [0.4, 0.5) is 0 Å². The predicted molar refractivity (Wildman–Crippen MR) is 50.1 cm³/mol. The van der Waals surface area contributed by atoms with Gasteiger partial charge in [-0.3, -0.25) is 0 Å². The lowest BCUT2D eigenvalue weighted by atomic mass is 9.97. The monoisotopic (exact) mass is 168 g/mol. The third-order valence-corrected chi connectivity index (χ3v) is 3.66. The van der Waals surface area contributed by atoms with E-state index >= 15 is 0 Å². The zero-order chi connectivity index (χ0) is 8.55. The summed E-state index contributed by atoms with van der Waals surface area (Å²) in [6.45, 7) is 4.41. The van der Waals surface area contributed by atoms with Crippen molar-refractivity contribution in [3.63, 3.8) is 0 Å². The molecule has 4 unspecified atom stereocenters. The minimum Gasteiger partial charge on any atom is -0.375 e. The summed E-state index contributed by atoms with van der Waals surface area (Å²) in [7, 11) is 0. The van der Waals surface area contributed by atoms with Crippen LogP contribution < -0.4 is 0 Å². The van der Waals surface area contributed by atoms with Gasteiger partial charge in [0.1, 0.15) is 0 Å². The standard InChI is InChI=1S/C11H20O/c1-3-8(2)12-11-7-9-4-5-10(11)6-9/h8-11H,3-7H2,1-2H3. The number of hydrogen-bond donors (Lipinski definition) is 0. The molecule has 2 fully saturated rings. The predicted octanol–water partition coefficient (Wildman–Crippen LogP) is 2.99. The van der Waals surface area contributed by atoms with Crippen molar-refractivity contribution in [2.45, 2.75) is 58.2 Å². The molecule has 0 aromatic carbocycles. The lowest BCUT2D eigenvalue weighted by Gasteiger charge is -2.25. The van der Waals surface area contributed by atoms with Gasteiger partial charge in [-0.05, 0) is 50.9 Å². The van der Waals surface area contributed by atoms with Crippen LogP contribution in [0.5, 0.6) is 0 Å². The van der Waals surface area contributed by atoms with Crippen LogP contribution in [0.1, 0.15) is 46.0 Å². The number of hydrogen-bond acceptors (Lipinski definition) is 1. The minimum absolute atomic E-state index is 0.481. The Morgan fingerprint density at radius 3 is 2.67 bits per heavy atom. The molecule has 1 nitrogen and oxygen atoms in total. The van der Waals surface area contributed by atoms with Crippen LogP contribution in [0.2, 0.25) is 0 Å². The molecule has 0 radical (unpaired) electrons. The van der Waals surface area contributed by atoms with Crippen LogP contribution >= 0.6 is 0 Å². The number of ether oxygens (including phenoxy) is 1. The smallest absolute Gasteiger partial charge is 0.0609 e. The molecule has 4 atom stereocenters. The lowest BCUT2D eigenvalue weighted by molar-refractivity contribution is -0.0319. The van der Waals surface area contributed by atoms with E-state index in [1.54, 1.807) is 0 Å². The Morgan fingerprint density at radius 2 is 2.17 bits per heavy atom. The lowest BCUT2D eigenvalue weighted by Crippen LogP contribution is -2.24. The third kappa shape index (κ3) is 1.52. The van der Waals surface area contributed by atoms with E-state index in [1.165, 1.54) is 25.7 Å². The summed E-state index contributed by atoms with van der Waals surface area (Å²) in [6, 6.07) is 0. The first-order chi connectivity index (χ1) is 5.79. The van der Waals surface area contributed by atoms with Crippen molar-refractivity contribution in [2.24, 2.45) is 11.8 Å². The van der Waals surface area contributed by atoms with E-state index in [0.29, 0.717) is 12.2 Å². The summed E-state index contributed by atoms with van der Waals surface area (Å²) >= 11 is 0. The fourth-order valence-electron chi connectivity index (χ4n) is 2.75. The van der Waals surface area contributed by atoms with E-state index in [4.69, 9.17) is 4.74 Å². The second-order valence-corrected chi connectivity index (χ2v) is 4.57. The summed E-state index contributed by atoms with van der Waals surface area (Å²) in [4.78, 5) is 0. The van der Waals surface area contributed by atoms with Crippen molar-refractivity contribution in [1.82, 2.24) is 0 Å². The normalized spacial score (nSPS) is 42.0. The highest BCUT2D eigenvalue weighted by Gasteiger charge is 2.40. The van der Waals surface area contributed by atoms with E-state index in [9.17, 15) is 0 Å². The molecule has 0 aliphatic heterocycles. The Kier molecular flexibility index (Phi) is 2.40. The molecule has 0 saturated heterocycles. The molecule has 2 saturated carbocycles. The first-order valence-corrected chi connectivity index (χ1v) is 5.45. The molecular weight excluding hydrogens is 148 g/mol. The van der Waals surface area contributed by atoms with Gasteiger partial charge >= 0.3 is 0 Å². The third-order valence-electron chi connectivity index (χ3n) is 3.66. The van der Waals surface area contributed by atoms with E-state index in [-0.39, 0.29) is 0 Å². The van der Waals surface area contributed by atoms with Crippen LogP contribution in [-0.2, 0) is 4.74 Å². The first-order valence-electron chi connectivity index (χ1n) is 5.45. The summed E-state index contributed by atoms with van der Waals surface area (Å²) in [6.07, 6.45) is 7.99. The molecule has 0 aromatic heterocycles. The van der Waals surface area contributed by atoms with Gasteiger partial charge in [-0.15, -0.1) is 0 Å². The van der Waals surface area contributed by atoms with Crippen LogP contribution in [0.3, 0.4) is 0 Å². The number of fused-ring (bicyclic) bond motifs is 2. The van der Waals surface area contributed by atoms with Gasteiger partial charge in [-0.2, -0.15) is 0 Å². The van der Waals surface area contributed by atoms with Crippen LogP contribution in [0, 0.1) is 11.8 Å². The van der Waals surface area contributed by atoms with E-state index in [2.05, 4.69) is 13.8 Å². The molecular formula is C11H20O. The molecule has 0 aromatic rings. The topological polar surface area (TPSA) is 9.23 Å². The number of rotatable bonds is 3. The molecule has 12 heavy (non-hydrogen) atoms. The van der Waals surface area contributed by atoms with Gasteiger partial charge < -0.3 is 4.74 Å². The van der Waals surface area contributed by atoms with E-state index in [1.807, 2.05) is 0 Å². The van der Waals surface area contributed by atoms with Gasteiger partial charge in [0.15, 0.2) is 0 Å². The minimum atomic E-state index is 0.481. The van der Waals surface area contributed by atoms with Gasteiger partial charge in [0.2, 0.25) is 0 Å². The highest BCUT2D eigenvalue weighted by Crippen LogP contribution is 2.46. The quantitative estimate of drug-likeness (QED) is 0.629. The highest BCUT2D eigenvalue weighted by molar-refractivity contribution is 4.91. The maximum absolute atomic E-state index is 5.99. The van der Waals surface area contributed by atoms with Crippen molar-refractivity contribution >= 4 is 0 Å². The maximum Gasteiger partial charge on any atom is 0.0609 e. The fraction of sp³-hybridized carbons (Fsp3) is 1.00. The van der Waals surface area contributed by atoms with Gasteiger partial charge in [0, 0.05) is 0 Å². The van der Waals surface area contributed by atoms with Crippen LogP contribution in [-0.4, -0.2) is 12.2 Å². The second-order valence-electron chi connectivity index (χ2n) is 4.57. The first kappa shape index (κ1) is 8.55. The molecule has 0 spiro atoms. The van der Waals surface area contributed by atoms with Crippen molar-refractivity contribution in [2.75, 3.05) is 0 Å². The Balaban J connectivity index is 1.82. The average Bonchev–Trinajstić information content (AvgIpc) is 2.64. The highest BCUT2D eigenvalue weighted by atomic mass is 16.5. The van der Waals surface area contributed by atoms with Crippen molar-refractivity contribution < 1.29 is 4.74 Å². The summed E-state index contributed by atoms with van der Waals surface area (Å²) in [5, 5.41) is 0. The molecule has 0 amide bonds. The Bertz CT molecular complexity index is 155. The van der Waals surface area contributed by atoms with Gasteiger partial charge in [0.05, 0.1) is 12.2 Å². The van der Waals surface area contributed by atoms with Gasteiger partial charge in [-0.25, -0.2) is 0 Å². The van der Waals surface area contributed by atoms with Crippen LogP contribution in [0.15, 0.2) is 0 Å². The van der Waals surface area contributed by atoms with Crippen LogP contribution in [0.25, 0.3) is 0 Å². The molecule has 0 heterocycles. The molecule has 2 rings (SSSR count). The van der Waals surface area contributed by atoms with Crippen molar-refractivity contribution in [3.05, 3.63) is 0 Å². The SMILES string of the molecule is CCC(C)OC1CC2CCC1C2. The Labute approximate surface area is 75.5 Å². The summed E-state index contributed by atoms with van der Waals surface area (Å²) < 4.78 is 5.99. The Morgan fingerprint density at radius 1 is 1.33 bits per heavy atom. The molecule has 2 bridgehead atoms. The fourth-order valence-corrected chi connectivity index (χ4v) is 2.75. The Hall–Kier alpha value is -0.0400. The molecule has 1 heteroatoms. The zero-order valence-electron chi connectivity index (χ0n) is 8.25. The largest absolute Gasteiger partial charge is 0.375 e. The van der Waals surface area contributed by atoms with E-state index < -0.39 is 0 Å². The molecule has 0 N–H and O–H groups in total. The van der Waals surface area contributed by atoms with Gasteiger partial charge in [-0.1, -0.05) is 6.92 Å². The van der Waals surface area contributed by atoms with E-state index in [0.717, 1.165) is 18.3 Å². The van der Waals surface area contributed by atoms with Crippen molar-refractivity contribution in [3.8, 4) is 0 Å². The second kappa shape index (κ2) is 3.37. The molecule has 70 valence electrons. The summed E-state index contributed by atoms with van der Waals surface area (Å²) in [5.74, 6) is 1.94. The molecule has 2 aliphatic rings. The average molecular weight is 168 g/mol.